The minimum Gasteiger partial charge on any atom is -0.143 e. The minimum atomic E-state index is 0.537. The van der Waals surface area contributed by atoms with Gasteiger partial charge in [-0.2, -0.15) is 0 Å². The summed E-state index contributed by atoms with van der Waals surface area (Å²) in [6.07, 6.45) is 10.7. The molecule has 0 aromatic heterocycles. The van der Waals surface area contributed by atoms with E-state index < -0.39 is 0 Å². The van der Waals surface area contributed by atoms with E-state index in [1.54, 1.807) is 5.56 Å². The molecular formula is C25H32S2. The number of aryl methyl sites for hydroxylation is 1. The van der Waals surface area contributed by atoms with E-state index in [-0.39, 0.29) is 0 Å². The first-order valence-electron chi connectivity index (χ1n) is 10.8. The van der Waals surface area contributed by atoms with Crippen LogP contribution < -0.4 is 0 Å². The molecule has 0 amide bonds. The molecule has 4 rings (SSSR count). The molecule has 2 aromatic rings. The smallest absolute Gasteiger partial charge is 0.0617 e. The zero-order valence-corrected chi connectivity index (χ0v) is 18.2. The van der Waals surface area contributed by atoms with E-state index in [9.17, 15) is 0 Å². The lowest BCUT2D eigenvalue weighted by atomic mass is 9.83. The molecule has 1 saturated carbocycles. The molecule has 2 aliphatic rings. The first-order chi connectivity index (χ1) is 13.3. The topological polar surface area (TPSA) is 0 Å². The third kappa shape index (κ3) is 4.77. The van der Waals surface area contributed by atoms with E-state index in [1.807, 2.05) is 0 Å². The van der Waals surface area contributed by atoms with Crippen LogP contribution in [0.1, 0.15) is 68.9 Å². The first-order valence-corrected chi connectivity index (χ1v) is 12.7. The van der Waals surface area contributed by atoms with Gasteiger partial charge in [0.1, 0.15) is 0 Å². The summed E-state index contributed by atoms with van der Waals surface area (Å²) in [5, 5.41) is 0. The lowest BCUT2D eigenvalue weighted by Crippen LogP contribution is -2.25. The molecule has 1 unspecified atom stereocenters. The summed E-state index contributed by atoms with van der Waals surface area (Å²) in [7, 11) is 0. The molecule has 1 heterocycles. The van der Waals surface area contributed by atoms with Gasteiger partial charge in [0, 0.05) is 11.5 Å². The van der Waals surface area contributed by atoms with E-state index in [4.69, 9.17) is 0 Å². The number of unbranched alkanes of at least 4 members (excludes halogenated alkanes) is 2. The average Bonchev–Trinajstić information content (AvgIpc) is 3.16. The zero-order chi connectivity index (χ0) is 18.5. The number of benzene rings is 2. The van der Waals surface area contributed by atoms with Gasteiger partial charge in [0.2, 0.25) is 0 Å². The van der Waals surface area contributed by atoms with Gasteiger partial charge in [0.05, 0.1) is 4.08 Å². The molecule has 1 spiro atoms. The van der Waals surface area contributed by atoms with Crippen molar-refractivity contribution in [1.82, 2.24) is 0 Å². The van der Waals surface area contributed by atoms with Crippen molar-refractivity contribution in [1.29, 1.82) is 0 Å². The van der Waals surface area contributed by atoms with Gasteiger partial charge >= 0.3 is 0 Å². The molecule has 1 aliphatic heterocycles. The molecule has 27 heavy (non-hydrogen) atoms. The molecule has 0 N–H and O–H groups in total. The summed E-state index contributed by atoms with van der Waals surface area (Å²) in [6.45, 7) is 2.27. The Hall–Kier alpha value is -0.860. The van der Waals surface area contributed by atoms with Crippen LogP contribution in [0.3, 0.4) is 0 Å². The molecule has 0 nitrogen and oxygen atoms in total. The van der Waals surface area contributed by atoms with E-state index in [0.29, 0.717) is 4.08 Å². The molecule has 1 aliphatic carbocycles. The van der Waals surface area contributed by atoms with Crippen molar-refractivity contribution in [3.63, 3.8) is 0 Å². The second-order valence-corrected chi connectivity index (χ2v) is 11.4. The van der Waals surface area contributed by atoms with Gasteiger partial charge in [0.15, 0.2) is 0 Å². The van der Waals surface area contributed by atoms with Crippen LogP contribution >= 0.6 is 23.5 Å². The van der Waals surface area contributed by atoms with Crippen LogP contribution in [0.25, 0.3) is 11.1 Å². The van der Waals surface area contributed by atoms with Gasteiger partial charge in [-0.1, -0.05) is 74.7 Å². The molecule has 1 saturated heterocycles. The summed E-state index contributed by atoms with van der Waals surface area (Å²) in [5.41, 5.74) is 5.74. The highest BCUT2D eigenvalue weighted by atomic mass is 32.2. The highest BCUT2D eigenvalue weighted by Gasteiger charge is 2.40. The van der Waals surface area contributed by atoms with E-state index in [1.165, 1.54) is 79.6 Å². The normalized spacial score (nSPS) is 21.6. The SMILES string of the molecule is CCCCCc1ccc(-c2ccc(C3CCCC4(C3)SCCS4)cc2)cc1. The summed E-state index contributed by atoms with van der Waals surface area (Å²) in [5.74, 6) is 3.46. The highest BCUT2D eigenvalue weighted by molar-refractivity contribution is 8.21. The van der Waals surface area contributed by atoms with Crippen LogP contribution in [0.15, 0.2) is 48.5 Å². The van der Waals surface area contributed by atoms with Gasteiger partial charge in [-0.25, -0.2) is 0 Å². The fraction of sp³-hybridized carbons (Fsp3) is 0.520. The first kappa shape index (κ1) is 19.5. The Morgan fingerprint density at radius 2 is 1.56 bits per heavy atom. The predicted octanol–water partition coefficient (Wildman–Crippen LogP) is 7.92. The third-order valence-corrected chi connectivity index (χ3v) is 9.80. The molecule has 2 heteroatoms. The van der Waals surface area contributed by atoms with Gasteiger partial charge < -0.3 is 0 Å². The van der Waals surface area contributed by atoms with Gasteiger partial charge in [-0.05, 0) is 60.3 Å². The van der Waals surface area contributed by atoms with Gasteiger partial charge in [-0.15, -0.1) is 23.5 Å². The van der Waals surface area contributed by atoms with Crippen molar-refractivity contribution in [2.45, 2.75) is 68.3 Å². The maximum absolute atomic E-state index is 2.40. The Morgan fingerprint density at radius 1 is 0.889 bits per heavy atom. The predicted molar refractivity (Wildman–Crippen MR) is 124 cm³/mol. The maximum atomic E-state index is 2.40. The van der Waals surface area contributed by atoms with Crippen molar-refractivity contribution in [3.05, 3.63) is 59.7 Å². The molecular weight excluding hydrogens is 364 g/mol. The Morgan fingerprint density at radius 3 is 2.22 bits per heavy atom. The molecule has 144 valence electrons. The largest absolute Gasteiger partial charge is 0.143 e. The summed E-state index contributed by atoms with van der Waals surface area (Å²) < 4.78 is 0.537. The molecule has 2 aromatic carbocycles. The number of hydrogen-bond donors (Lipinski definition) is 0. The van der Waals surface area contributed by atoms with Crippen molar-refractivity contribution in [3.8, 4) is 11.1 Å². The van der Waals surface area contributed by atoms with Crippen LogP contribution in [-0.2, 0) is 6.42 Å². The van der Waals surface area contributed by atoms with Crippen molar-refractivity contribution < 1.29 is 0 Å². The Kier molecular flexibility index (Phi) is 6.55. The fourth-order valence-corrected chi connectivity index (χ4v) is 8.09. The zero-order valence-electron chi connectivity index (χ0n) is 16.6. The maximum Gasteiger partial charge on any atom is 0.0617 e. The summed E-state index contributed by atoms with van der Waals surface area (Å²) in [6, 6.07) is 18.7. The van der Waals surface area contributed by atoms with Crippen molar-refractivity contribution in [2.24, 2.45) is 0 Å². The van der Waals surface area contributed by atoms with Crippen LogP contribution in [0.2, 0.25) is 0 Å². The number of hydrogen-bond acceptors (Lipinski definition) is 2. The standard InChI is InChI=1S/C25H32S2/c1-2-3-4-6-20-8-10-21(11-9-20)22-12-14-23(15-13-22)24-7-5-16-25(19-24)26-17-18-27-25/h8-15,24H,2-7,16-19H2,1H3. The van der Waals surface area contributed by atoms with Gasteiger partial charge in [0.25, 0.3) is 0 Å². The third-order valence-electron chi connectivity index (χ3n) is 6.22. The summed E-state index contributed by atoms with van der Waals surface area (Å²) in [4.78, 5) is 0. The lowest BCUT2D eigenvalue weighted by Gasteiger charge is -2.36. The van der Waals surface area contributed by atoms with E-state index >= 15 is 0 Å². The Labute approximate surface area is 173 Å². The van der Waals surface area contributed by atoms with Crippen molar-refractivity contribution >= 4 is 23.5 Å². The Balaban J connectivity index is 1.41. The highest BCUT2D eigenvalue weighted by Crippen LogP contribution is 2.56. The van der Waals surface area contributed by atoms with Crippen LogP contribution in [0, 0.1) is 0 Å². The fourth-order valence-electron chi connectivity index (χ4n) is 4.63. The molecule has 1 atom stereocenters. The second kappa shape index (κ2) is 9.09. The van der Waals surface area contributed by atoms with Gasteiger partial charge in [-0.3, -0.25) is 0 Å². The van der Waals surface area contributed by atoms with Crippen LogP contribution in [0.5, 0.6) is 0 Å². The van der Waals surface area contributed by atoms with Crippen LogP contribution in [-0.4, -0.2) is 15.6 Å². The monoisotopic (exact) mass is 396 g/mol. The minimum absolute atomic E-state index is 0.537. The lowest BCUT2D eigenvalue weighted by molar-refractivity contribution is 0.434. The quantitative estimate of drug-likeness (QED) is 0.455. The number of rotatable bonds is 6. The van der Waals surface area contributed by atoms with E-state index in [0.717, 1.165) is 5.92 Å². The van der Waals surface area contributed by atoms with Crippen molar-refractivity contribution in [2.75, 3.05) is 11.5 Å². The molecule has 2 fully saturated rings. The second-order valence-electron chi connectivity index (χ2n) is 8.18. The van der Waals surface area contributed by atoms with Crippen LogP contribution in [0.4, 0.5) is 0 Å². The molecule has 0 bridgehead atoms. The van der Waals surface area contributed by atoms with E-state index in [2.05, 4.69) is 79.0 Å². The summed E-state index contributed by atoms with van der Waals surface area (Å²) >= 11 is 4.47. The Bertz CT molecular complexity index is 711. The number of thioether (sulfide) groups is 2. The molecule has 0 radical (unpaired) electrons. The average molecular weight is 397 g/mol.